The molecule has 0 spiro atoms. The first-order chi connectivity index (χ1) is 20.1. The van der Waals surface area contributed by atoms with E-state index in [0.29, 0.717) is 29.7 Å². The molecular formula is C33H51NO9. The molecule has 242 valence electrons. The van der Waals surface area contributed by atoms with E-state index >= 15 is 0 Å². The molecule has 0 radical (unpaired) electrons. The number of rotatable bonds is 13. The number of aliphatic hydroxyl groups excluding tert-OH is 1. The van der Waals surface area contributed by atoms with E-state index in [1.54, 1.807) is 52.1 Å². The van der Waals surface area contributed by atoms with E-state index in [9.17, 15) is 14.7 Å². The molecule has 0 aliphatic carbocycles. The quantitative estimate of drug-likeness (QED) is 0.321. The number of cyclic esters (lactones) is 1. The molecule has 8 atom stereocenters. The van der Waals surface area contributed by atoms with Crippen molar-refractivity contribution >= 4 is 11.9 Å². The summed E-state index contributed by atoms with van der Waals surface area (Å²) in [4.78, 5) is 27.6. The highest BCUT2D eigenvalue weighted by Gasteiger charge is 2.49. The van der Waals surface area contributed by atoms with Crippen LogP contribution in [0.5, 0.6) is 0 Å². The molecule has 1 aromatic carbocycles. The van der Waals surface area contributed by atoms with Gasteiger partial charge >= 0.3 is 11.9 Å². The number of hydrogen-bond acceptors (Lipinski definition) is 10. The zero-order valence-electron chi connectivity index (χ0n) is 27.4. The van der Waals surface area contributed by atoms with Crippen molar-refractivity contribution in [2.45, 2.75) is 97.2 Å². The van der Waals surface area contributed by atoms with Crippen molar-refractivity contribution in [1.82, 2.24) is 4.90 Å². The fourth-order valence-corrected chi connectivity index (χ4v) is 6.15. The standard InChI is InChI=1S/C33H51NO9/c1-20(18-35)17-33(7,38-10)28(22(3)27-23(4)29(36)43-32(5,6)42-27)41-31-21(2)26(34(8)9)16-25(40-31)19-39-30(37)24-14-12-11-13-15-24/h11-15,20-22,25-26,28,31,35H,16-19H2,1-10H3/t20-,21?,22+,25?,26?,28-,31+,33-/m1/s1. The summed E-state index contributed by atoms with van der Waals surface area (Å²) < 4.78 is 36.9. The lowest BCUT2D eigenvalue weighted by molar-refractivity contribution is -0.290. The maximum atomic E-state index is 12.8. The smallest absolute Gasteiger partial charge is 0.340 e. The summed E-state index contributed by atoms with van der Waals surface area (Å²) in [5.74, 6) is -2.15. The van der Waals surface area contributed by atoms with Crippen LogP contribution in [0.25, 0.3) is 0 Å². The van der Waals surface area contributed by atoms with Gasteiger partial charge in [-0.15, -0.1) is 0 Å². The number of aliphatic hydroxyl groups is 1. The summed E-state index contributed by atoms with van der Waals surface area (Å²) in [5.41, 5.74) is -0.0554. The molecule has 43 heavy (non-hydrogen) atoms. The zero-order chi connectivity index (χ0) is 32.1. The molecule has 3 rings (SSSR count). The molecule has 1 saturated heterocycles. The van der Waals surface area contributed by atoms with Crippen LogP contribution >= 0.6 is 0 Å². The van der Waals surface area contributed by atoms with E-state index in [-0.39, 0.29) is 31.1 Å². The molecule has 2 heterocycles. The Morgan fingerprint density at radius 3 is 2.42 bits per heavy atom. The third kappa shape index (κ3) is 8.57. The molecule has 10 nitrogen and oxygen atoms in total. The number of hydrogen-bond donors (Lipinski definition) is 1. The number of methoxy groups -OCH3 is 1. The summed E-state index contributed by atoms with van der Waals surface area (Å²) in [5, 5.41) is 9.93. The zero-order valence-corrected chi connectivity index (χ0v) is 27.4. The van der Waals surface area contributed by atoms with Crippen molar-refractivity contribution in [2.75, 3.05) is 34.4 Å². The number of carbonyl (C=O) groups is 2. The molecule has 1 N–H and O–H groups in total. The van der Waals surface area contributed by atoms with E-state index in [1.165, 1.54) is 0 Å². The number of carbonyl (C=O) groups excluding carboxylic acids is 2. The molecule has 10 heteroatoms. The second-order valence-electron chi connectivity index (χ2n) is 13.0. The minimum absolute atomic E-state index is 0.0223. The van der Waals surface area contributed by atoms with E-state index in [0.717, 1.165) is 0 Å². The van der Waals surface area contributed by atoms with E-state index < -0.39 is 47.7 Å². The van der Waals surface area contributed by atoms with Crippen LogP contribution < -0.4 is 0 Å². The van der Waals surface area contributed by atoms with Gasteiger partial charge in [0.1, 0.15) is 12.4 Å². The predicted molar refractivity (Wildman–Crippen MR) is 161 cm³/mol. The lowest BCUT2D eigenvalue weighted by Crippen LogP contribution is -2.56. The molecular weight excluding hydrogens is 554 g/mol. The van der Waals surface area contributed by atoms with Crippen LogP contribution in [0.1, 0.15) is 71.7 Å². The predicted octanol–water partition coefficient (Wildman–Crippen LogP) is 4.55. The number of nitrogens with zero attached hydrogens (tertiary/aromatic N) is 1. The summed E-state index contributed by atoms with van der Waals surface area (Å²) in [6.07, 6.45) is -0.641. The van der Waals surface area contributed by atoms with E-state index in [1.807, 2.05) is 40.9 Å². The Balaban J connectivity index is 1.94. The highest BCUT2D eigenvalue weighted by molar-refractivity contribution is 5.89. The molecule has 0 saturated carbocycles. The topological polar surface area (TPSA) is 113 Å². The van der Waals surface area contributed by atoms with Crippen LogP contribution in [-0.2, 0) is 33.2 Å². The maximum absolute atomic E-state index is 12.8. The Morgan fingerprint density at radius 1 is 1.19 bits per heavy atom. The number of esters is 2. The van der Waals surface area contributed by atoms with Gasteiger partial charge in [-0.25, -0.2) is 9.59 Å². The summed E-state index contributed by atoms with van der Waals surface area (Å²) in [6, 6.07) is 8.93. The first kappa shape index (κ1) is 35.0. The van der Waals surface area contributed by atoms with Crippen LogP contribution in [0.3, 0.4) is 0 Å². The third-order valence-electron chi connectivity index (χ3n) is 8.59. The van der Waals surface area contributed by atoms with Crippen molar-refractivity contribution in [3.8, 4) is 0 Å². The highest BCUT2D eigenvalue weighted by Crippen LogP contribution is 2.41. The van der Waals surface area contributed by atoms with Gasteiger partial charge in [-0.2, -0.15) is 0 Å². The van der Waals surface area contributed by atoms with Crippen molar-refractivity contribution in [3.05, 3.63) is 47.2 Å². The second-order valence-corrected chi connectivity index (χ2v) is 13.0. The first-order valence-corrected chi connectivity index (χ1v) is 15.1. The van der Waals surface area contributed by atoms with Crippen LogP contribution in [0, 0.1) is 17.8 Å². The van der Waals surface area contributed by atoms with E-state index in [4.69, 9.17) is 28.4 Å². The van der Waals surface area contributed by atoms with Gasteiger partial charge in [0.25, 0.3) is 0 Å². The van der Waals surface area contributed by atoms with Gasteiger partial charge in [-0.3, -0.25) is 0 Å². The Bertz CT molecular complexity index is 1120. The van der Waals surface area contributed by atoms with Crippen LogP contribution in [0.4, 0.5) is 0 Å². The van der Waals surface area contributed by atoms with Crippen molar-refractivity contribution in [1.29, 1.82) is 0 Å². The van der Waals surface area contributed by atoms with Gasteiger partial charge in [-0.05, 0) is 58.8 Å². The van der Waals surface area contributed by atoms with Gasteiger partial charge in [0.05, 0.1) is 28.9 Å². The molecule has 1 fully saturated rings. The molecule has 0 aromatic heterocycles. The minimum atomic E-state index is -1.15. The Kier molecular flexibility index (Phi) is 11.8. The summed E-state index contributed by atoms with van der Waals surface area (Å²) in [7, 11) is 5.64. The van der Waals surface area contributed by atoms with Crippen molar-refractivity contribution in [2.24, 2.45) is 17.8 Å². The van der Waals surface area contributed by atoms with Gasteiger partial charge in [-0.1, -0.05) is 39.0 Å². The molecule has 3 unspecified atom stereocenters. The van der Waals surface area contributed by atoms with E-state index in [2.05, 4.69) is 11.8 Å². The average Bonchev–Trinajstić information content (AvgIpc) is 2.96. The average molecular weight is 606 g/mol. The first-order valence-electron chi connectivity index (χ1n) is 15.1. The largest absolute Gasteiger partial charge is 0.459 e. The van der Waals surface area contributed by atoms with Crippen molar-refractivity contribution in [3.63, 3.8) is 0 Å². The molecule has 2 aliphatic heterocycles. The summed E-state index contributed by atoms with van der Waals surface area (Å²) >= 11 is 0. The van der Waals surface area contributed by atoms with Crippen LogP contribution in [0.2, 0.25) is 0 Å². The molecule has 0 amide bonds. The Labute approximate surface area is 256 Å². The SMILES string of the molecule is CO[C@](C)(C[C@@H](C)CO)[C@H](O[C@@H]1OC(COC(=O)c2ccccc2)CC(N(C)C)C1C)[C@@H](C)C1=C(C)C(=O)OC(C)(C)O1. The molecule has 0 bridgehead atoms. The van der Waals surface area contributed by atoms with Crippen molar-refractivity contribution < 1.29 is 43.1 Å². The van der Waals surface area contributed by atoms with Gasteiger partial charge in [0.2, 0.25) is 5.79 Å². The normalized spacial score (nSPS) is 27.5. The highest BCUT2D eigenvalue weighted by atomic mass is 16.7. The molecule has 2 aliphatic rings. The van der Waals surface area contributed by atoms with Crippen LogP contribution in [-0.4, -0.2) is 92.3 Å². The Hall–Kier alpha value is -2.50. The minimum Gasteiger partial charge on any atom is -0.459 e. The van der Waals surface area contributed by atoms with Gasteiger partial charge in [0.15, 0.2) is 6.29 Å². The molecule has 1 aromatic rings. The maximum Gasteiger partial charge on any atom is 0.340 e. The second kappa shape index (κ2) is 14.5. The number of ether oxygens (including phenoxy) is 6. The lowest BCUT2D eigenvalue weighted by atomic mass is 9.80. The fourth-order valence-electron chi connectivity index (χ4n) is 6.15. The van der Waals surface area contributed by atoms with Crippen LogP contribution in [0.15, 0.2) is 41.7 Å². The summed E-state index contributed by atoms with van der Waals surface area (Å²) in [6.45, 7) is 13.0. The Morgan fingerprint density at radius 2 is 1.84 bits per heavy atom. The van der Waals surface area contributed by atoms with Gasteiger partial charge in [0, 0.05) is 45.4 Å². The van der Waals surface area contributed by atoms with Gasteiger partial charge < -0.3 is 38.4 Å². The monoisotopic (exact) mass is 605 g/mol. The third-order valence-corrected chi connectivity index (χ3v) is 8.59. The fraction of sp³-hybridized carbons (Fsp3) is 0.697. The lowest BCUT2D eigenvalue weighted by Gasteiger charge is -2.48. The number of benzene rings is 1.